The lowest BCUT2D eigenvalue weighted by Crippen LogP contribution is -2.14. The second-order valence-electron chi connectivity index (χ2n) is 5.43. The third-order valence-corrected chi connectivity index (χ3v) is 4.25. The van der Waals surface area contributed by atoms with Gasteiger partial charge in [-0.25, -0.2) is 4.98 Å². The zero-order chi connectivity index (χ0) is 16.8. The van der Waals surface area contributed by atoms with Crippen molar-refractivity contribution in [1.29, 1.82) is 0 Å². The number of ether oxygens (including phenoxy) is 1. The second-order valence-corrected chi connectivity index (χ2v) is 6.37. The SMILES string of the molecule is Cc1ccc(NC(=O)Cc2csc(COc3ccccc3)n2)cc1. The van der Waals surface area contributed by atoms with Gasteiger partial charge in [0, 0.05) is 11.1 Å². The Bertz CT molecular complexity index is 798. The van der Waals surface area contributed by atoms with Crippen LogP contribution in [0.15, 0.2) is 60.0 Å². The lowest BCUT2D eigenvalue weighted by Gasteiger charge is -2.04. The standard InChI is InChI=1S/C19H18N2O2S/c1-14-7-9-15(10-8-14)20-18(22)11-16-13-24-19(21-16)12-23-17-5-3-2-4-6-17/h2-10,13H,11-12H2,1H3,(H,20,22). The fourth-order valence-corrected chi connectivity index (χ4v) is 2.87. The van der Waals surface area contributed by atoms with Crippen LogP contribution in [-0.4, -0.2) is 10.9 Å². The predicted molar refractivity (Wildman–Crippen MR) is 96.4 cm³/mol. The summed E-state index contributed by atoms with van der Waals surface area (Å²) in [6.07, 6.45) is 0.260. The van der Waals surface area contributed by atoms with Gasteiger partial charge >= 0.3 is 0 Å². The molecule has 122 valence electrons. The quantitative estimate of drug-likeness (QED) is 0.732. The first-order valence-electron chi connectivity index (χ1n) is 7.67. The largest absolute Gasteiger partial charge is 0.486 e. The number of nitrogens with one attached hydrogen (secondary N) is 1. The number of carbonyl (C=O) groups is 1. The Morgan fingerprint density at radius 1 is 1.12 bits per heavy atom. The van der Waals surface area contributed by atoms with Crippen LogP contribution in [-0.2, 0) is 17.8 Å². The summed E-state index contributed by atoms with van der Waals surface area (Å²) >= 11 is 1.50. The Labute approximate surface area is 145 Å². The average Bonchev–Trinajstić information content (AvgIpc) is 3.03. The second kappa shape index (κ2) is 7.75. The molecule has 0 spiro atoms. The minimum Gasteiger partial charge on any atom is -0.486 e. The molecule has 0 aliphatic heterocycles. The summed E-state index contributed by atoms with van der Waals surface area (Å²) in [5.41, 5.74) is 2.72. The van der Waals surface area contributed by atoms with Gasteiger partial charge < -0.3 is 10.1 Å². The highest BCUT2D eigenvalue weighted by Gasteiger charge is 2.08. The van der Waals surface area contributed by atoms with Gasteiger partial charge in [0.1, 0.15) is 17.4 Å². The number of hydrogen-bond donors (Lipinski definition) is 1. The van der Waals surface area contributed by atoms with Crippen LogP contribution in [0.4, 0.5) is 5.69 Å². The highest BCUT2D eigenvalue weighted by molar-refractivity contribution is 7.09. The lowest BCUT2D eigenvalue weighted by molar-refractivity contribution is -0.115. The molecule has 0 aliphatic carbocycles. The van der Waals surface area contributed by atoms with E-state index < -0.39 is 0 Å². The monoisotopic (exact) mass is 338 g/mol. The third kappa shape index (κ3) is 4.67. The zero-order valence-corrected chi connectivity index (χ0v) is 14.2. The number of anilines is 1. The summed E-state index contributed by atoms with van der Waals surface area (Å²) in [7, 11) is 0. The van der Waals surface area contributed by atoms with Gasteiger partial charge in [-0.05, 0) is 31.2 Å². The van der Waals surface area contributed by atoms with Gasteiger partial charge in [0.2, 0.25) is 5.91 Å². The van der Waals surface area contributed by atoms with Crippen molar-refractivity contribution in [3.63, 3.8) is 0 Å². The molecule has 5 heteroatoms. The number of benzene rings is 2. The average molecular weight is 338 g/mol. The summed E-state index contributed by atoms with van der Waals surface area (Å²) in [5.74, 6) is 0.742. The Morgan fingerprint density at radius 2 is 1.88 bits per heavy atom. The van der Waals surface area contributed by atoms with E-state index in [0.717, 1.165) is 27.7 Å². The molecule has 0 bridgehead atoms. The van der Waals surface area contributed by atoms with Crippen LogP contribution >= 0.6 is 11.3 Å². The minimum atomic E-state index is -0.0697. The van der Waals surface area contributed by atoms with Crippen LogP contribution in [0.2, 0.25) is 0 Å². The summed E-state index contributed by atoms with van der Waals surface area (Å²) in [5, 5.41) is 5.64. The fraction of sp³-hybridized carbons (Fsp3) is 0.158. The first kappa shape index (κ1) is 16.2. The number of hydrogen-bond acceptors (Lipinski definition) is 4. The van der Waals surface area contributed by atoms with E-state index in [9.17, 15) is 4.79 Å². The molecule has 0 atom stereocenters. The highest BCUT2D eigenvalue weighted by Crippen LogP contribution is 2.16. The Hall–Kier alpha value is -2.66. The van der Waals surface area contributed by atoms with Crippen molar-refractivity contribution in [2.45, 2.75) is 20.0 Å². The van der Waals surface area contributed by atoms with Crippen molar-refractivity contribution in [2.24, 2.45) is 0 Å². The van der Waals surface area contributed by atoms with Crippen LogP contribution in [0.5, 0.6) is 5.75 Å². The van der Waals surface area contributed by atoms with E-state index in [1.54, 1.807) is 0 Å². The van der Waals surface area contributed by atoms with E-state index in [-0.39, 0.29) is 12.3 Å². The predicted octanol–water partition coefficient (Wildman–Crippen LogP) is 4.21. The summed E-state index contributed by atoms with van der Waals surface area (Å²) in [6.45, 7) is 2.42. The molecule has 1 N–H and O–H groups in total. The van der Waals surface area contributed by atoms with E-state index in [1.165, 1.54) is 11.3 Å². The van der Waals surface area contributed by atoms with Gasteiger partial charge in [0.05, 0.1) is 12.1 Å². The molecule has 3 aromatic rings. The third-order valence-electron chi connectivity index (χ3n) is 3.38. The molecule has 1 aromatic heterocycles. The Balaban J connectivity index is 1.51. The Morgan fingerprint density at radius 3 is 2.62 bits per heavy atom. The molecule has 1 heterocycles. The summed E-state index contributed by atoms with van der Waals surface area (Å²) in [4.78, 5) is 16.5. The first-order valence-corrected chi connectivity index (χ1v) is 8.55. The number of para-hydroxylation sites is 1. The van der Waals surface area contributed by atoms with Crippen LogP contribution in [0.3, 0.4) is 0 Å². The van der Waals surface area contributed by atoms with Gasteiger partial charge in [0.25, 0.3) is 0 Å². The van der Waals surface area contributed by atoms with Crippen molar-refractivity contribution < 1.29 is 9.53 Å². The molecule has 0 fully saturated rings. The molecule has 0 aliphatic rings. The van der Waals surface area contributed by atoms with Gasteiger partial charge in [-0.3, -0.25) is 4.79 Å². The maximum atomic E-state index is 12.1. The highest BCUT2D eigenvalue weighted by atomic mass is 32.1. The normalized spacial score (nSPS) is 10.4. The molecule has 0 unspecified atom stereocenters. The van der Waals surface area contributed by atoms with Crippen LogP contribution in [0, 0.1) is 6.92 Å². The number of aromatic nitrogens is 1. The van der Waals surface area contributed by atoms with Gasteiger partial charge in [-0.15, -0.1) is 11.3 Å². The van der Waals surface area contributed by atoms with Crippen LogP contribution < -0.4 is 10.1 Å². The summed E-state index contributed by atoms with van der Waals surface area (Å²) in [6, 6.07) is 17.3. The number of aryl methyl sites for hydroxylation is 1. The van der Waals surface area contributed by atoms with Crippen LogP contribution in [0.1, 0.15) is 16.3 Å². The zero-order valence-electron chi connectivity index (χ0n) is 13.4. The molecule has 4 nitrogen and oxygen atoms in total. The van der Waals surface area contributed by atoms with Crippen molar-refractivity contribution in [2.75, 3.05) is 5.32 Å². The van der Waals surface area contributed by atoms with Crippen molar-refractivity contribution in [3.8, 4) is 5.75 Å². The molecule has 3 rings (SSSR count). The van der Waals surface area contributed by atoms with Crippen molar-refractivity contribution in [1.82, 2.24) is 4.98 Å². The lowest BCUT2D eigenvalue weighted by atomic mass is 10.2. The summed E-state index contributed by atoms with van der Waals surface area (Å²) < 4.78 is 5.66. The number of rotatable bonds is 6. The smallest absolute Gasteiger partial charge is 0.230 e. The van der Waals surface area contributed by atoms with E-state index in [2.05, 4.69) is 10.3 Å². The topological polar surface area (TPSA) is 51.2 Å². The first-order chi connectivity index (χ1) is 11.7. The molecular formula is C19H18N2O2S. The number of amides is 1. The fourth-order valence-electron chi connectivity index (χ4n) is 2.16. The van der Waals surface area contributed by atoms with E-state index >= 15 is 0 Å². The van der Waals surface area contributed by atoms with Gasteiger partial charge in [0.15, 0.2) is 0 Å². The molecule has 1 amide bonds. The molecule has 0 radical (unpaired) electrons. The van der Waals surface area contributed by atoms with E-state index in [4.69, 9.17) is 4.74 Å². The van der Waals surface area contributed by atoms with Gasteiger partial charge in [-0.1, -0.05) is 35.9 Å². The van der Waals surface area contributed by atoms with Crippen LogP contribution in [0.25, 0.3) is 0 Å². The minimum absolute atomic E-state index is 0.0697. The van der Waals surface area contributed by atoms with E-state index in [0.29, 0.717) is 6.61 Å². The maximum absolute atomic E-state index is 12.1. The van der Waals surface area contributed by atoms with Gasteiger partial charge in [-0.2, -0.15) is 0 Å². The number of thiazole rings is 1. The molecule has 0 saturated carbocycles. The maximum Gasteiger partial charge on any atom is 0.230 e. The molecule has 24 heavy (non-hydrogen) atoms. The molecule has 2 aromatic carbocycles. The van der Waals surface area contributed by atoms with Crippen molar-refractivity contribution >= 4 is 22.9 Å². The Kier molecular flexibility index (Phi) is 5.23. The molecule has 0 saturated heterocycles. The van der Waals surface area contributed by atoms with Crippen molar-refractivity contribution in [3.05, 3.63) is 76.2 Å². The van der Waals surface area contributed by atoms with E-state index in [1.807, 2.05) is 66.9 Å². The number of carbonyl (C=O) groups excluding carboxylic acids is 1. The molecular weight excluding hydrogens is 320 g/mol. The number of nitrogens with zero attached hydrogens (tertiary/aromatic N) is 1.